The highest BCUT2D eigenvalue weighted by molar-refractivity contribution is 6.07. The Bertz CT molecular complexity index is 3320. The molecule has 0 radical (unpaired) electrons. The molecule has 31 heteroatoms. The number of carbonyl (C=O) groups excluding carboxylic acids is 9. The van der Waals surface area contributed by atoms with Crippen LogP contribution in [0.1, 0.15) is 180 Å². The number of hydrogen-bond donors (Lipinski definition) is 20. The van der Waals surface area contributed by atoms with E-state index in [1.807, 2.05) is 62.4 Å². The Kier molecular flexibility index (Phi) is 43.7. The number of aliphatic carboxylic acids is 1. The van der Waals surface area contributed by atoms with E-state index in [1.165, 1.54) is 24.3 Å². The van der Waals surface area contributed by atoms with Crippen molar-refractivity contribution in [2.45, 2.75) is 241 Å². The molecular weight excluding hydrogens is 1370 g/mol. The standard InChI is InChI=1S/C76H125N19O12/c1-49(2)47-64(75(105)93-63(74(104)95-65(76(106)107)48-50-35-37-51(96)38-36-50)34-14-22-46-85-66-52-23-3-5-26-55(52)86-56-27-6-4-24-53(56)66)94-73(103)62(33-13-21-45-83)92-72(102)61(32-12-20-44-82)91-71(101)60(31-11-19-43-81)90-70(100)59(30-10-18-42-80)89-69(99)58(29-9-17-41-79)88-68(98)57(28-8-16-40-78)87-67(97)54(84)25-7-15-39-77/h3-6,23-24,26-27,35-38,49,54,57-65,96H,7-22,25,28-34,39-48,77-84H2,1-2H3,(H,85,86)(H,87,97)(H,88,98)(H,89,99)(H,90,100)(H,91,101)(H,92,102)(H,93,105)(H,94,103)(H,95,104)(H,106,107)/t54-,57-,58-,59-,60-,61-,62-,63-,64-,65-/m0/s1. The van der Waals surface area contributed by atoms with E-state index in [0.717, 1.165) is 27.5 Å². The predicted octanol–water partition coefficient (Wildman–Crippen LogP) is 1.64. The average molecular weight is 1500 g/mol. The number of amides is 9. The number of para-hydroxylation sites is 2. The second-order valence-electron chi connectivity index (χ2n) is 27.9. The van der Waals surface area contributed by atoms with Gasteiger partial charge in [0.05, 0.1) is 22.8 Å². The number of carboxylic acids is 1. The van der Waals surface area contributed by atoms with Gasteiger partial charge in [-0.05, 0) is 236 Å². The topological polar surface area (TPSA) is 553 Å². The van der Waals surface area contributed by atoms with E-state index in [2.05, 4.69) is 53.2 Å². The molecule has 596 valence electrons. The maximum absolute atomic E-state index is 14.8. The number of phenols is 1. The zero-order valence-corrected chi connectivity index (χ0v) is 62.9. The number of nitrogens with zero attached hydrogens (tertiary/aromatic N) is 1. The summed E-state index contributed by atoms with van der Waals surface area (Å²) in [5.41, 5.74) is 50.1. The first-order valence-electron chi connectivity index (χ1n) is 38.4. The van der Waals surface area contributed by atoms with Crippen molar-refractivity contribution < 1.29 is 58.2 Å². The van der Waals surface area contributed by atoms with Crippen LogP contribution in [0.3, 0.4) is 0 Å². The molecule has 0 spiro atoms. The molecule has 3 aromatic carbocycles. The molecule has 0 unspecified atom stereocenters. The highest BCUT2D eigenvalue weighted by Crippen LogP contribution is 2.31. The third-order valence-corrected chi connectivity index (χ3v) is 18.6. The third-order valence-electron chi connectivity index (χ3n) is 18.6. The molecule has 1 aromatic heterocycles. The Labute approximate surface area is 629 Å². The summed E-state index contributed by atoms with van der Waals surface area (Å²) >= 11 is 0. The number of aromatic nitrogens is 1. The monoisotopic (exact) mass is 1500 g/mol. The maximum Gasteiger partial charge on any atom is 0.326 e. The van der Waals surface area contributed by atoms with Crippen LogP contribution in [-0.2, 0) is 54.4 Å². The zero-order chi connectivity index (χ0) is 78.5. The van der Waals surface area contributed by atoms with Gasteiger partial charge in [-0.1, -0.05) is 68.8 Å². The van der Waals surface area contributed by atoms with Crippen molar-refractivity contribution in [2.24, 2.45) is 51.8 Å². The minimum Gasteiger partial charge on any atom is -0.508 e. The second-order valence-corrected chi connectivity index (χ2v) is 27.9. The Morgan fingerprint density at radius 3 is 0.953 bits per heavy atom. The molecule has 4 aromatic rings. The smallest absolute Gasteiger partial charge is 0.326 e. The van der Waals surface area contributed by atoms with Crippen LogP contribution >= 0.6 is 0 Å². The van der Waals surface area contributed by atoms with Crippen molar-refractivity contribution in [3.05, 3.63) is 78.4 Å². The molecule has 1 heterocycles. The number of benzene rings is 3. The number of nitrogens with two attached hydrogens (primary N) is 8. The molecule has 10 atom stereocenters. The van der Waals surface area contributed by atoms with Crippen molar-refractivity contribution in [2.75, 3.05) is 57.7 Å². The van der Waals surface area contributed by atoms with E-state index in [1.54, 1.807) is 0 Å². The lowest BCUT2D eigenvalue weighted by atomic mass is 10.00. The fourth-order valence-corrected chi connectivity index (χ4v) is 12.4. The quantitative estimate of drug-likeness (QED) is 0.0221. The molecule has 4 rings (SSSR count). The summed E-state index contributed by atoms with van der Waals surface area (Å²) < 4.78 is 0. The van der Waals surface area contributed by atoms with Crippen molar-refractivity contribution in [3.63, 3.8) is 0 Å². The van der Waals surface area contributed by atoms with E-state index in [9.17, 15) is 58.2 Å². The van der Waals surface area contributed by atoms with Gasteiger partial charge in [0.2, 0.25) is 53.2 Å². The van der Waals surface area contributed by atoms with Crippen LogP contribution in [0, 0.1) is 5.92 Å². The van der Waals surface area contributed by atoms with E-state index in [-0.39, 0.29) is 95.6 Å². The number of rotatable bonds is 57. The molecule has 0 fully saturated rings. The molecule has 9 amide bonds. The number of pyridine rings is 1. The van der Waals surface area contributed by atoms with Gasteiger partial charge in [-0.3, -0.25) is 43.2 Å². The van der Waals surface area contributed by atoms with Gasteiger partial charge in [-0.2, -0.15) is 0 Å². The fraction of sp³-hybridized carbons (Fsp3) is 0.618. The summed E-state index contributed by atoms with van der Waals surface area (Å²) in [6.07, 6.45) is 8.10. The second kappa shape index (κ2) is 51.6. The van der Waals surface area contributed by atoms with Crippen LogP contribution in [0.25, 0.3) is 21.8 Å². The van der Waals surface area contributed by atoms with Crippen LogP contribution in [0.5, 0.6) is 5.75 Å². The number of carboxylic acid groups (broad SMARTS) is 1. The Morgan fingerprint density at radius 2 is 0.636 bits per heavy atom. The van der Waals surface area contributed by atoms with Gasteiger partial charge in [-0.25, -0.2) is 9.78 Å². The van der Waals surface area contributed by atoms with Crippen molar-refractivity contribution in [1.29, 1.82) is 0 Å². The summed E-state index contributed by atoms with van der Waals surface area (Å²) in [6.45, 7) is 6.19. The minimum absolute atomic E-state index is 0.0326. The lowest BCUT2D eigenvalue weighted by molar-refractivity contribution is -0.142. The Hall–Kier alpha value is -8.69. The third kappa shape index (κ3) is 33.6. The maximum atomic E-state index is 14.8. The van der Waals surface area contributed by atoms with Crippen molar-refractivity contribution >= 4 is 86.6 Å². The van der Waals surface area contributed by atoms with E-state index in [4.69, 9.17) is 50.9 Å². The molecule has 31 nitrogen and oxygen atoms in total. The van der Waals surface area contributed by atoms with Crippen molar-refractivity contribution in [3.8, 4) is 5.75 Å². The SMILES string of the molecule is CC(C)C[C@H](NC(=O)[C@H](CCCCN)NC(=O)[C@H](CCCCN)NC(=O)[C@H](CCCCN)NC(=O)[C@H](CCCCN)NC(=O)[C@H](CCCCN)NC(=O)[C@H](CCCCN)NC(=O)[C@@H](N)CCCCN)C(=O)N[C@@H](CCCCNc1c2ccccc2nc2ccccc12)C(=O)N[C@@H](Cc1ccc(O)cc1)C(=O)O. The lowest BCUT2D eigenvalue weighted by Gasteiger charge is -2.29. The first-order valence-corrected chi connectivity index (χ1v) is 38.4. The number of anilines is 1. The lowest BCUT2D eigenvalue weighted by Crippen LogP contribution is -2.60. The van der Waals surface area contributed by atoms with Gasteiger partial charge in [-0.15, -0.1) is 0 Å². The number of nitrogens with one attached hydrogen (secondary N) is 10. The van der Waals surface area contributed by atoms with Crippen LogP contribution in [0.4, 0.5) is 5.69 Å². The summed E-state index contributed by atoms with van der Waals surface area (Å²) in [6, 6.07) is 8.98. The molecular formula is C76H125N19O12. The molecule has 0 aliphatic heterocycles. The highest BCUT2D eigenvalue weighted by atomic mass is 16.4. The number of aromatic hydroxyl groups is 1. The first-order chi connectivity index (χ1) is 51.5. The summed E-state index contributed by atoms with van der Waals surface area (Å²) in [5.74, 6) is -8.06. The molecule has 107 heavy (non-hydrogen) atoms. The average Bonchev–Trinajstić information content (AvgIpc) is 0.779. The predicted molar refractivity (Wildman–Crippen MR) is 416 cm³/mol. The van der Waals surface area contributed by atoms with Crippen molar-refractivity contribution in [1.82, 2.24) is 52.8 Å². The highest BCUT2D eigenvalue weighted by Gasteiger charge is 2.36. The molecule has 0 aliphatic carbocycles. The molecule has 28 N–H and O–H groups in total. The van der Waals surface area contributed by atoms with Gasteiger partial charge in [0, 0.05) is 23.7 Å². The summed E-state index contributed by atoms with van der Waals surface area (Å²) in [5, 5.41) is 50.8. The Balaban J connectivity index is 1.61. The van der Waals surface area contributed by atoms with Gasteiger partial charge in [0.25, 0.3) is 0 Å². The van der Waals surface area contributed by atoms with Crippen LogP contribution in [0.15, 0.2) is 72.8 Å². The summed E-state index contributed by atoms with van der Waals surface area (Å²) in [4.78, 5) is 148. The first kappa shape index (κ1) is 90.7. The number of phenolic OH excluding ortho intramolecular Hbond substituents is 1. The van der Waals surface area contributed by atoms with E-state index < -0.39 is 120 Å². The fourth-order valence-electron chi connectivity index (χ4n) is 12.4. The molecule has 0 aliphatic rings. The Morgan fingerprint density at radius 1 is 0.355 bits per heavy atom. The van der Waals surface area contributed by atoms with Crippen LogP contribution in [-0.4, -0.2) is 187 Å². The molecule has 0 bridgehead atoms. The van der Waals surface area contributed by atoms with Gasteiger partial charge in [0.1, 0.15) is 60.1 Å². The zero-order valence-electron chi connectivity index (χ0n) is 62.9. The largest absolute Gasteiger partial charge is 0.508 e. The van der Waals surface area contributed by atoms with Crippen LogP contribution in [0.2, 0.25) is 0 Å². The summed E-state index contributed by atoms with van der Waals surface area (Å²) in [7, 11) is 0. The number of hydrogen-bond acceptors (Lipinski definition) is 21. The number of unbranched alkanes of at least 4 members (excludes halogenated alkanes) is 8. The molecule has 0 saturated carbocycles. The van der Waals surface area contributed by atoms with Gasteiger partial charge >= 0.3 is 5.97 Å². The number of carbonyl (C=O) groups is 10. The van der Waals surface area contributed by atoms with E-state index in [0.29, 0.717) is 141 Å². The molecule has 0 saturated heterocycles. The van der Waals surface area contributed by atoms with Crippen LogP contribution < -0.4 is 99.0 Å². The normalized spacial score (nSPS) is 14.2. The number of fused-ring (bicyclic) bond motifs is 2. The van der Waals surface area contributed by atoms with Gasteiger partial charge < -0.3 is 109 Å². The van der Waals surface area contributed by atoms with Gasteiger partial charge in [0.15, 0.2) is 0 Å². The van der Waals surface area contributed by atoms with E-state index >= 15 is 0 Å². The minimum atomic E-state index is -1.44.